The van der Waals surface area contributed by atoms with E-state index < -0.39 is 0 Å². The van der Waals surface area contributed by atoms with Gasteiger partial charge in [0.05, 0.1) is 0 Å². The third-order valence-electron chi connectivity index (χ3n) is 4.11. The Balaban J connectivity index is 2.14. The zero-order valence-corrected chi connectivity index (χ0v) is 12.2. The molecule has 1 fully saturated rings. The molecule has 102 valence electrons. The molecule has 0 aromatic heterocycles. The molecule has 0 radical (unpaired) electrons. The van der Waals surface area contributed by atoms with E-state index in [1.165, 1.54) is 32.5 Å². The molecule has 2 N–H and O–H groups in total. The summed E-state index contributed by atoms with van der Waals surface area (Å²) in [7, 11) is 4.47. The van der Waals surface area contributed by atoms with Crippen LogP contribution in [0.25, 0.3) is 0 Å². The van der Waals surface area contributed by atoms with Gasteiger partial charge in [0, 0.05) is 12.6 Å². The van der Waals surface area contributed by atoms with Crippen molar-refractivity contribution in [2.75, 3.05) is 40.3 Å². The molecule has 0 aromatic carbocycles. The largest absolute Gasteiger partial charge is 0.327 e. The molecule has 1 aliphatic rings. The normalized spacial score (nSPS) is 21.4. The Kier molecular flexibility index (Phi) is 6.45. The highest BCUT2D eigenvalue weighted by Crippen LogP contribution is 2.17. The molecule has 0 aromatic rings. The molecule has 1 aliphatic heterocycles. The van der Waals surface area contributed by atoms with Crippen LogP contribution in [0.2, 0.25) is 0 Å². The van der Waals surface area contributed by atoms with Crippen molar-refractivity contribution in [3.63, 3.8) is 0 Å². The lowest BCUT2D eigenvalue weighted by atomic mass is 9.96. The van der Waals surface area contributed by atoms with Gasteiger partial charge in [0.2, 0.25) is 0 Å². The van der Waals surface area contributed by atoms with Crippen LogP contribution in [0.1, 0.15) is 33.1 Å². The first-order valence-corrected chi connectivity index (χ1v) is 7.11. The summed E-state index contributed by atoms with van der Waals surface area (Å²) in [5.74, 6) is 1.50. The van der Waals surface area contributed by atoms with Crippen LogP contribution in [0, 0.1) is 11.8 Å². The van der Waals surface area contributed by atoms with Crippen LogP contribution in [-0.4, -0.2) is 56.1 Å². The molecule has 0 spiro atoms. The van der Waals surface area contributed by atoms with Crippen molar-refractivity contribution < 1.29 is 0 Å². The van der Waals surface area contributed by atoms with Gasteiger partial charge in [-0.1, -0.05) is 13.8 Å². The molecule has 1 unspecified atom stereocenters. The highest BCUT2D eigenvalue weighted by molar-refractivity contribution is 4.73. The van der Waals surface area contributed by atoms with E-state index in [4.69, 9.17) is 5.73 Å². The molecule has 0 amide bonds. The summed E-state index contributed by atoms with van der Waals surface area (Å²) in [6, 6.07) is 0.356. The average molecular weight is 241 g/mol. The standard InChI is InChI=1S/C14H31N3/c1-12(2)14(15)7-10-17(4)11-13-5-8-16(3)9-6-13/h12-14H,5-11,15H2,1-4H3. The Hall–Kier alpha value is -0.120. The van der Waals surface area contributed by atoms with Crippen molar-refractivity contribution in [2.45, 2.75) is 39.2 Å². The van der Waals surface area contributed by atoms with Crippen molar-refractivity contribution in [1.82, 2.24) is 9.80 Å². The van der Waals surface area contributed by atoms with E-state index in [2.05, 4.69) is 37.7 Å². The lowest BCUT2D eigenvalue weighted by molar-refractivity contribution is 0.173. The Morgan fingerprint density at radius 1 is 1.29 bits per heavy atom. The van der Waals surface area contributed by atoms with Crippen LogP contribution in [0.4, 0.5) is 0 Å². The first kappa shape index (κ1) is 14.9. The van der Waals surface area contributed by atoms with Gasteiger partial charge in [0.15, 0.2) is 0 Å². The van der Waals surface area contributed by atoms with Crippen LogP contribution < -0.4 is 5.73 Å². The molecule has 1 rings (SSSR count). The first-order valence-electron chi connectivity index (χ1n) is 7.11. The maximum Gasteiger partial charge on any atom is 0.00740 e. The molecule has 0 bridgehead atoms. The van der Waals surface area contributed by atoms with Gasteiger partial charge in [-0.15, -0.1) is 0 Å². The molecule has 17 heavy (non-hydrogen) atoms. The van der Waals surface area contributed by atoms with Crippen molar-refractivity contribution in [3.8, 4) is 0 Å². The minimum atomic E-state index is 0.356. The lowest BCUT2D eigenvalue weighted by Gasteiger charge is -2.32. The van der Waals surface area contributed by atoms with Crippen LogP contribution in [-0.2, 0) is 0 Å². The van der Waals surface area contributed by atoms with Crippen LogP contribution in [0.15, 0.2) is 0 Å². The summed E-state index contributed by atoms with van der Waals surface area (Å²) in [6.45, 7) is 9.35. The fourth-order valence-electron chi connectivity index (χ4n) is 2.48. The van der Waals surface area contributed by atoms with E-state index in [-0.39, 0.29) is 0 Å². The predicted molar refractivity (Wildman–Crippen MR) is 75.1 cm³/mol. The quantitative estimate of drug-likeness (QED) is 0.767. The molecule has 0 saturated carbocycles. The Morgan fingerprint density at radius 2 is 1.88 bits per heavy atom. The van der Waals surface area contributed by atoms with Gasteiger partial charge in [0.1, 0.15) is 0 Å². The fourth-order valence-corrected chi connectivity index (χ4v) is 2.48. The average Bonchev–Trinajstić information content (AvgIpc) is 2.29. The smallest absolute Gasteiger partial charge is 0.00740 e. The minimum absolute atomic E-state index is 0.356. The maximum absolute atomic E-state index is 6.08. The number of hydrogen-bond acceptors (Lipinski definition) is 3. The van der Waals surface area contributed by atoms with E-state index in [1.54, 1.807) is 0 Å². The van der Waals surface area contributed by atoms with Gasteiger partial charge in [-0.2, -0.15) is 0 Å². The number of nitrogens with zero attached hydrogens (tertiary/aromatic N) is 2. The first-order chi connectivity index (χ1) is 7.99. The molecule has 1 atom stereocenters. The highest BCUT2D eigenvalue weighted by atomic mass is 15.1. The van der Waals surface area contributed by atoms with Gasteiger partial charge >= 0.3 is 0 Å². The number of likely N-dealkylation sites (tertiary alicyclic amines) is 1. The van der Waals surface area contributed by atoms with E-state index in [1.807, 2.05) is 0 Å². The number of piperidine rings is 1. The molecule has 3 nitrogen and oxygen atoms in total. The fraction of sp³-hybridized carbons (Fsp3) is 1.00. The lowest BCUT2D eigenvalue weighted by Crippen LogP contribution is -2.37. The van der Waals surface area contributed by atoms with Crippen molar-refractivity contribution >= 4 is 0 Å². The number of nitrogens with two attached hydrogens (primary N) is 1. The molecule has 1 heterocycles. The van der Waals surface area contributed by atoms with Crippen molar-refractivity contribution in [3.05, 3.63) is 0 Å². The van der Waals surface area contributed by atoms with Gasteiger partial charge in [-0.25, -0.2) is 0 Å². The zero-order valence-electron chi connectivity index (χ0n) is 12.2. The summed E-state index contributed by atoms with van der Waals surface area (Å²) >= 11 is 0. The topological polar surface area (TPSA) is 32.5 Å². The van der Waals surface area contributed by atoms with E-state index >= 15 is 0 Å². The Labute approximate surface area is 107 Å². The third-order valence-corrected chi connectivity index (χ3v) is 4.11. The molecular weight excluding hydrogens is 210 g/mol. The Morgan fingerprint density at radius 3 is 2.41 bits per heavy atom. The summed E-state index contributed by atoms with van der Waals surface area (Å²) in [4.78, 5) is 4.91. The highest BCUT2D eigenvalue weighted by Gasteiger charge is 2.18. The van der Waals surface area contributed by atoms with E-state index in [0.29, 0.717) is 12.0 Å². The second kappa shape index (κ2) is 7.34. The molecule has 0 aliphatic carbocycles. The molecule has 1 saturated heterocycles. The molecular formula is C14H31N3. The van der Waals surface area contributed by atoms with Gasteiger partial charge in [-0.05, 0) is 64.8 Å². The maximum atomic E-state index is 6.08. The van der Waals surface area contributed by atoms with Crippen LogP contribution in [0.3, 0.4) is 0 Å². The number of hydrogen-bond donors (Lipinski definition) is 1. The summed E-state index contributed by atoms with van der Waals surface area (Å²) in [5.41, 5.74) is 6.08. The van der Waals surface area contributed by atoms with Crippen LogP contribution in [0.5, 0.6) is 0 Å². The minimum Gasteiger partial charge on any atom is -0.327 e. The van der Waals surface area contributed by atoms with Crippen molar-refractivity contribution in [2.24, 2.45) is 17.6 Å². The predicted octanol–water partition coefficient (Wildman–Crippen LogP) is 1.63. The van der Waals surface area contributed by atoms with Crippen molar-refractivity contribution in [1.29, 1.82) is 0 Å². The van der Waals surface area contributed by atoms with Gasteiger partial charge in [0.25, 0.3) is 0 Å². The van der Waals surface area contributed by atoms with E-state index in [9.17, 15) is 0 Å². The summed E-state index contributed by atoms with van der Waals surface area (Å²) in [5, 5.41) is 0. The summed E-state index contributed by atoms with van der Waals surface area (Å²) in [6.07, 6.45) is 3.84. The van der Waals surface area contributed by atoms with Gasteiger partial charge in [-0.3, -0.25) is 0 Å². The SMILES string of the molecule is CC(C)C(N)CCN(C)CC1CCN(C)CC1. The third kappa shape index (κ3) is 5.84. The monoisotopic (exact) mass is 241 g/mol. The second-order valence-corrected chi connectivity index (χ2v) is 6.21. The molecule has 3 heteroatoms. The Bertz CT molecular complexity index is 198. The second-order valence-electron chi connectivity index (χ2n) is 6.21. The zero-order chi connectivity index (χ0) is 12.8. The van der Waals surface area contributed by atoms with Gasteiger partial charge < -0.3 is 15.5 Å². The van der Waals surface area contributed by atoms with E-state index in [0.717, 1.165) is 18.9 Å². The van der Waals surface area contributed by atoms with Crippen LogP contribution >= 0.6 is 0 Å². The summed E-state index contributed by atoms with van der Waals surface area (Å²) < 4.78 is 0. The number of rotatable bonds is 6.